The average Bonchev–Trinajstić information content (AvgIpc) is 2.80. The van der Waals surface area contributed by atoms with Crippen molar-refractivity contribution in [1.29, 1.82) is 0 Å². The number of fused-ring (bicyclic) bond motifs is 1. The summed E-state index contributed by atoms with van der Waals surface area (Å²) in [4.78, 5) is 14.3. The molecule has 0 spiro atoms. The van der Waals surface area contributed by atoms with Gasteiger partial charge in [0.15, 0.2) is 11.6 Å². The van der Waals surface area contributed by atoms with Crippen molar-refractivity contribution in [2.24, 2.45) is 7.05 Å². The Morgan fingerprint density at radius 2 is 2.21 bits per heavy atom. The predicted octanol–water partition coefficient (Wildman–Crippen LogP) is 2.69. The monoisotopic (exact) mass is 331 g/mol. The number of hydrogen-bond donors (Lipinski definition) is 0. The van der Waals surface area contributed by atoms with E-state index >= 15 is 0 Å². The average molecular weight is 331 g/mol. The molecule has 0 bridgehead atoms. The highest BCUT2D eigenvalue weighted by Crippen LogP contribution is 2.19. The molecule has 2 aromatic rings. The van der Waals surface area contributed by atoms with E-state index in [1.165, 1.54) is 11.8 Å². The molecule has 1 aliphatic heterocycles. The van der Waals surface area contributed by atoms with E-state index in [0.29, 0.717) is 26.0 Å². The molecule has 1 aromatic carbocycles. The van der Waals surface area contributed by atoms with Gasteiger partial charge in [0, 0.05) is 37.8 Å². The molecule has 3 rings (SSSR count). The maximum Gasteiger partial charge on any atom is 0.222 e. The number of para-hydroxylation sites is 1. The lowest BCUT2D eigenvalue weighted by molar-refractivity contribution is -0.132. The summed E-state index contributed by atoms with van der Waals surface area (Å²) in [5, 5.41) is 4.27. The molecule has 0 saturated carbocycles. The van der Waals surface area contributed by atoms with Gasteiger partial charge in [0.05, 0.1) is 12.8 Å². The lowest BCUT2D eigenvalue weighted by Gasteiger charge is -2.20. The number of carbonyl (C=O) groups excluding carboxylic acids is 1. The summed E-state index contributed by atoms with van der Waals surface area (Å²) in [6.45, 7) is 1.72. The van der Waals surface area contributed by atoms with Crippen molar-refractivity contribution < 1.29 is 13.9 Å². The second kappa shape index (κ2) is 7.47. The third-order valence-corrected chi connectivity index (χ3v) is 4.33. The van der Waals surface area contributed by atoms with Crippen LogP contribution >= 0.6 is 0 Å². The third kappa shape index (κ3) is 3.75. The lowest BCUT2D eigenvalue weighted by atomic mass is 10.2. The number of hydrogen-bond acceptors (Lipinski definition) is 3. The summed E-state index contributed by atoms with van der Waals surface area (Å²) < 4.78 is 20.7. The molecular formula is C18H22FN3O2. The van der Waals surface area contributed by atoms with E-state index in [4.69, 9.17) is 4.74 Å². The van der Waals surface area contributed by atoms with Crippen molar-refractivity contribution in [2.45, 2.75) is 32.2 Å². The fourth-order valence-corrected chi connectivity index (χ4v) is 3.02. The van der Waals surface area contributed by atoms with Crippen LogP contribution in [-0.4, -0.2) is 33.7 Å². The molecule has 0 atom stereocenters. The summed E-state index contributed by atoms with van der Waals surface area (Å²) in [6, 6.07) is 6.31. The molecular weight excluding hydrogens is 309 g/mol. The van der Waals surface area contributed by atoms with E-state index in [2.05, 4.69) is 5.10 Å². The van der Waals surface area contributed by atoms with Crippen LogP contribution in [0.2, 0.25) is 0 Å². The minimum Gasteiger partial charge on any atom is -0.491 e. The number of amides is 1. The summed E-state index contributed by atoms with van der Waals surface area (Å²) >= 11 is 0. The van der Waals surface area contributed by atoms with Crippen molar-refractivity contribution in [3.63, 3.8) is 0 Å². The van der Waals surface area contributed by atoms with Gasteiger partial charge in [-0.2, -0.15) is 5.10 Å². The highest BCUT2D eigenvalue weighted by Gasteiger charge is 2.20. The maximum atomic E-state index is 13.4. The Kier molecular flexibility index (Phi) is 5.13. The van der Waals surface area contributed by atoms with Crippen molar-refractivity contribution in [3.05, 3.63) is 47.5 Å². The standard InChI is InChI=1S/C18H22FN3O2/c1-21-16-7-4-10-22(13-14(16)12-20-21)18(23)9-5-11-24-17-8-3-2-6-15(17)19/h2-3,6,8,12H,4-5,7,9-11,13H2,1H3. The molecule has 128 valence electrons. The largest absolute Gasteiger partial charge is 0.491 e. The number of nitrogens with zero attached hydrogens (tertiary/aromatic N) is 3. The van der Waals surface area contributed by atoms with Crippen LogP contribution in [0.4, 0.5) is 4.39 Å². The van der Waals surface area contributed by atoms with E-state index in [0.717, 1.165) is 24.9 Å². The summed E-state index contributed by atoms with van der Waals surface area (Å²) in [5.74, 6) is -0.0241. The fraction of sp³-hybridized carbons (Fsp3) is 0.444. The Morgan fingerprint density at radius 3 is 3.04 bits per heavy atom. The minimum absolute atomic E-state index is 0.115. The highest BCUT2D eigenvalue weighted by molar-refractivity contribution is 5.76. The van der Waals surface area contributed by atoms with Crippen molar-refractivity contribution in [3.8, 4) is 5.75 Å². The molecule has 0 radical (unpaired) electrons. The topological polar surface area (TPSA) is 47.4 Å². The van der Waals surface area contributed by atoms with Gasteiger partial charge in [-0.25, -0.2) is 4.39 Å². The van der Waals surface area contributed by atoms with Gasteiger partial charge in [-0.15, -0.1) is 0 Å². The Balaban J connectivity index is 1.48. The van der Waals surface area contributed by atoms with Gasteiger partial charge in [0.1, 0.15) is 0 Å². The number of halogens is 1. The zero-order valence-electron chi connectivity index (χ0n) is 13.9. The van der Waals surface area contributed by atoms with Crippen LogP contribution in [0.1, 0.15) is 30.5 Å². The Morgan fingerprint density at radius 1 is 1.38 bits per heavy atom. The molecule has 1 aliphatic rings. The first-order valence-electron chi connectivity index (χ1n) is 8.30. The molecule has 6 heteroatoms. The SMILES string of the molecule is Cn1ncc2c1CCCN(C(=O)CCCOc1ccccc1F)C2. The summed E-state index contributed by atoms with van der Waals surface area (Å²) in [7, 11) is 1.94. The van der Waals surface area contributed by atoms with Gasteiger partial charge in [-0.05, 0) is 31.4 Å². The van der Waals surface area contributed by atoms with Crippen molar-refractivity contribution in [2.75, 3.05) is 13.2 Å². The first kappa shape index (κ1) is 16.5. The van der Waals surface area contributed by atoms with Crippen molar-refractivity contribution in [1.82, 2.24) is 14.7 Å². The Labute approximate surface area is 141 Å². The first-order valence-corrected chi connectivity index (χ1v) is 8.30. The number of aromatic nitrogens is 2. The molecule has 0 N–H and O–H groups in total. The molecule has 0 unspecified atom stereocenters. The molecule has 0 fully saturated rings. The van der Waals surface area contributed by atoms with Crippen LogP contribution in [0.3, 0.4) is 0 Å². The summed E-state index contributed by atoms with van der Waals surface area (Å²) in [5.41, 5.74) is 2.35. The fourth-order valence-electron chi connectivity index (χ4n) is 3.02. The van der Waals surface area contributed by atoms with E-state index < -0.39 is 0 Å². The molecule has 1 amide bonds. The molecule has 0 aliphatic carbocycles. The van der Waals surface area contributed by atoms with E-state index in [-0.39, 0.29) is 17.5 Å². The van der Waals surface area contributed by atoms with Crippen LogP contribution in [0.25, 0.3) is 0 Å². The highest BCUT2D eigenvalue weighted by atomic mass is 19.1. The van der Waals surface area contributed by atoms with Gasteiger partial charge in [0.25, 0.3) is 0 Å². The number of aryl methyl sites for hydroxylation is 1. The van der Waals surface area contributed by atoms with Crippen molar-refractivity contribution >= 4 is 5.91 Å². The van der Waals surface area contributed by atoms with Gasteiger partial charge >= 0.3 is 0 Å². The number of benzene rings is 1. The number of rotatable bonds is 5. The van der Waals surface area contributed by atoms with E-state index in [1.807, 2.05) is 22.8 Å². The van der Waals surface area contributed by atoms with Crippen LogP contribution < -0.4 is 4.74 Å². The predicted molar refractivity (Wildman–Crippen MR) is 88.1 cm³/mol. The lowest BCUT2D eigenvalue weighted by Crippen LogP contribution is -2.30. The van der Waals surface area contributed by atoms with Gasteiger partial charge in [-0.3, -0.25) is 9.48 Å². The molecule has 24 heavy (non-hydrogen) atoms. The molecule has 1 aromatic heterocycles. The first-order chi connectivity index (χ1) is 11.6. The second-order valence-corrected chi connectivity index (χ2v) is 6.04. The molecule has 2 heterocycles. The molecule has 5 nitrogen and oxygen atoms in total. The normalized spacial score (nSPS) is 14.2. The minimum atomic E-state index is -0.375. The Bertz CT molecular complexity index is 714. The molecule has 0 saturated heterocycles. The second-order valence-electron chi connectivity index (χ2n) is 6.04. The zero-order chi connectivity index (χ0) is 16.9. The van der Waals surface area contributed by atoms with E-state index in [1.54, 1.807) is 18.2 Å². The number of ether oxygens (including phenoxy) is 1. The maximum absolute atomic E-state index is 13.4. The van der Waals surface area contributed by atoms with Crippen LogP contribution in [0, 0.1) is 5.82 Å². The van der Waals surface area contributed by atoms with Crippen LogP contribution in [-0.2, 0) is 24.8 Å². The van der Waals surface area contributed by atoms with E-state index in [9.17, 15) is 9.18 Å². The zero-order valence-corrected chi connectivity index (χ0v) is 13.9. The van der Waals surface area contributed by atoms with Gasteiger partial charge < -0.3 is 9.64 Å². The van der Waals surface area contributed by atoms with Gasteiger partial charge in [-0.1, -0.05) is 12.1 Å². The Hall–Kier alpha value is -2.37. The quantitative estimate of drug-likeness (QED) is 0.792. The number of carbonyl (C=O) groups is 1. The summed E-state index contributed by atoms with van der Waals surface area (Å²) in [6.07, 6.45) is 4.73. The van der Waals surface area contributed by atoms with Crippen LogP contribution in [0.15, 0.2) is 30.5 Å². The van der Waals surface area contributed by atoms with Crippen LogP contribution in [0.5, 0.6) is 5.75 Å². The third-order valence-electron chi connectivity index (χ3n) is 4.33. The smallest absolute Gasteiger partial charge is 0.222 e. The van der Waals surface area contributed by atoms with Gasteiger partial charge in [0.2, 0.25) is 5.91 Å².